The van der Waals surface area contributed by atoms with Crippen molar-refractivity contribution >= 4 is 19.7 Å². The molecule has 0 aliphatic heterocycles. The standard InChI is InChI=1S/C34H58NO9P/c1-20(2)9-8-10-23(17-29(39)35-15-16-43-45(40,41)42)30-25-18-27(38)31-32(5)13-12-26(37)21(3)24(32)11-14-33(31,6)34(25,7)19-28(30)44-22(4)36/h20-21,24-28,31,37-38H,8-19H2,1-7H3,(H,35,39)(H2,40,41,42)/b30-23-/t21-,24-,25-,26+,27+,28-,31-,32-,33-,34-/m0/s1. The predicted octanol–water partition coefficient (Wildman–Crippen LogP) is 5.28. The van der Waals surface area contributed by atoms with E-state index < -0.39 is 20.0 Å². The number of hydrogen-bond donors (Lipinski definition) is 5. The lowest BCUT2D eigenvalue weighted by Crippen LogP contribution is -2.65. The Morgan fingerprint density at radius 1 is 1.07 bits per heavy atom. The summed E-state index contributed by atoms with van der Waals surface area (Å²) in [6.45, 7) is 14.5. The molecule has 4 aliphatic rings. The maximum absolute atomic E-state index is 13.2. The number of carbonyl (C=O) groups is 2. The van der Waals surface area contributed by atoms with Gasteiger partial charge < -0.3 is 30.1 Å². The third-order valence-electron chi connectivity index (χ3n) is 12.7. The van der Waals surface area contributed by atoms with Crippen molar-refractivity contribution in [1.29, 1.82) is 0 Å². The fraction of sp³-hybridized carbons (Fsp3) is 0.882. The Kier molecular flexibility index (Phi) is 11.1. The fourth-order valence-corrected chi connectivity index (χ4v) is 11.0. The average molecular weight is 656 g/mol. The van der Waals surface area contributed by atoms with Gasteiger partial charge in [-0.05, 0) is 103 Å². The number of ether oxygens (including phenoxy) is 1. The van der Waals surface area contributed by atoms with Crippen LogP contribution in [0.2, 0.25) is 0 Å². The highest BCUT2D eigenvalue weighted by molar-refractivity contribution is 7.46. The van der Waals surface area contributed by atoms with Gasteiger partial charge in [0.05, 0.1) is 18.8 Å². The number of phosphoric acid groups is 1. The first-order valence-corrected chi connectivity index (χ1v) is 18.6. The van der Waals surface area contributed by atoms with Gasteiger partial charge in [0, 0.05) is 19.9 Å². The monoisotopic (exact) mass is 655 g/mol. The van der Waals surface area contributed by atoms with Gasteiger partial charge in [-0.3, -0.25) is 14.1 Å². The molecule has 4 fully saturated rings. The molecule has 4 saturated carbocycles. The van der Waals surface area contributed by atoms with Gasteiger partial charge >= 0.3 is 13.8 Å². The van der Waals surface area contributed by atoms with Crippen molar-refractivity contribution < 1.29 is 43.4 Å². The van der Waals surface area contributed by atoms with Crippen molar-refractivity contribution in [3.8, 4) is 0 Å². The Bertz CT molecular complexity index is 1180. The van der Waals surface area contributed by atoms with Crippen LogP contribution in [-0.2, 0) is 23.4 Å². The number of aliphatic hydroxyl groups is 2. The molecule has 0 bridgehead atoms. The van der Waals surface area contributed by atoms with Crippen molar-refractivity contribution in [2.75, 3.05) is 13.2 Å². The normalized spacial score (nSPS) is 40.8. The second kappa shape index (κ2) is 13.7. The molecular weight excluding hydrogens is 597 g/mol. The zero-order valence-corrected chi connectivity index (χ0v) is 29.3. The van der Waals surface area contributed by atoms with E-state index >= 15 is 0 Å². The van der Waals surface area contributed by atoms with Crippen LogP contribution in [0, 0.1) is 45.8 Å². The van der Waals surface area contributed by atoms with Crippen LogP contribution in [0.3, 0.4) is 0 Å². The molecule has 0 unspecified atom stereocenters. The summed E-state index contributed by atoms with van der Waals surface area (Å²) in [4.78, 5) is 43.7. The molecule has 45 heavy (non-hydrogen) atoms. The molecular formula is C34H58NO9P. The Hall–Kier alpha value is -1.29. The molecule has 258 valence electrons. The predicted molar refractivity (Wildman–Crippen MR) is 171 cm³/mol. The van der Waals surface area contributed by atoms with Crippen LogP contribution in [0.4, 0.5) is 0 Å². The van der Waals surface area contributed by atoms with Crippen molar-refractivity contribution in [2.45, 2.75) is 131 Å². The number of aliphatic hydroxyl groups excluding tert-OH is 2. The highest BCUT2D eigenvalue weighted by Crippen LogP contribution is 2.74. The van der Waals surface area contributed by atoms with Gasteiger partial charge in [-0.25, -0.2) is 4.57 Å². The zero-order valence-electron chi connectivity index (χ0n) is 28.4. The van der Waals surface area contributed by atoms with Crippen LogP contribution in [0.25, 0.3) is 0 Å². The minimum Gasteiger partial charge on any atom is -0.458 e. The van der Waals surface area contributed by atoms with Crippen LogP contribution in [0.5, 0.6) is 0 Å². The first-order chi connectivity index (χ1) is 20.8. The molecule has 0 aromatic rings. The molecule has 5 N–H and O–H groups in total. The summed E-state index contributed by atoms with van der Waals surface area (Å²) in [6.07, 6.45) is 5.91. The minimum absolute atomic E-state index is 0.0407. The van der Waals surface area contributed by atoms with E-state index in [2.05, 4.69) is 51.4 Å². The first-order valence-electron chi connectivity index (χ1n) is 17.1. The molecule has 0 aromatic heterocycles. The third kappa shape index (κ3) is 7.26. The van der Waals surface area contributed by atoms with E-state index in [0.717, 1.165) is 49.7 Å². The Labute approximate surface area is 269 Å². The summed E-state index contributed by atoms with van der Waals surface area (Å²) >= 11 is 0. The molecule has 0 saturated heterocycles. The lowest BCUT2D eigenvalue weighted by atomic mass is 9.36. The molecule has 4 aliphatic carbocycles. The molecule has 0 radical (unpaired) electrons. The average Bonchev–Trinajstić information content (AvgIpc) is 3.19. The number of hydrogen-bond acceptors (Lipinski definition) is 7. The maximum Gasteiger partial charge on any atom is 0.469 e. The number of rotatable bonds is 11. The summed E-state index contributed by atoms with van der Waals surface area (Å²) in [5, 5.41) is 25.6. The number of carbonyl (C=O) groups excluding carboxylic acids is 2. The highest BCUT2D eigenvalue weighted by Gasteiger charge is 2.70. The van der Waals surface area contributed by atoms with E-state index in [1.807, 2.05) is 0 Å². The van der Waals surface area contributed by atoms with E-state index in [1.54, 1.807) is 0 Å². The molecule has 0 heterocycles. The quantitative estimate of drug-likeness (QED) is 0.0863. The van der Waals surface area contributed by atoms with Gasteiger partial charge in [-0.1, -0.05) is 53.5 Å². The van der Waals surface area contributed by atoms with Gasteiger partial charge in [0.2, 0.25) is 5.91 Å². The number of nitrogens with one attached hydrogen (secondary N) is 1. The fourth-order valence-electron chi connectivity index (χ4n) is 10.6. The van der Waals surface area contributed by atoms with Gasteiger partial charge in [0.1, 0.15) is 6.10 Å². The molecule has 10 nitrogen and oxygen atoms in total. The third-order valence-corrected chi connectivity index (χ3v) is 13.3. The minimum atomic E-state index is -4.63. The molecule has 11 heteroatoms. The molecule has 4 rings (SSSR count). The van der Waals surface area contributed by atoms with Crippen LogP contribution < -0.4 is 5.32 Å². The number of fused-ring (bicyclic) bond motifs is 5. The molecule has 1 amide bonds. The maximum atomic E-state index is 13.2. The summed E-state index contributed by atoms with van der Waals surface area (Å²) in [5.74, 6) is 0.319. The van der Waals surface area contributed by atoms with E-state index in [4.69, 9.17) is 14.5 Å². The van der Waals surface area contributed by atoms with E-state index in [-0.39, 0.29) is 71.6 Å². The topological polar surface area (TPSA) is 163 Å². The van der Waals surface area contributed by atoms with Crippen LogP contribution in [0.15, 0.2) is 11.1 Å². The number of phosphoric ester groups is 1. The second-order valence-electron chi connectivity index (χ2n) is 15.8. The van der Waals surface area contributed by atoms with Crippen LogP contribution >= 0.6 is 7.82 Å². The van der Waals surface area contributed by atoms with Crippen molar-refractivity contribution in [2.24, 2.45) is 45.8 Å². The summed E-state index contributed by atoms with van der Waals surface area (Å²) < 4.78 is 21.6. The zero-order chi connectivity index (χ0) is 33.5. The van der Waals surface area contributed by atoms with Gasteiger partial charge in [-0.2, -0.15) is 0 Å². The largest absolute Gasteiger partial charge is 0.469 e. The van der Waals surface area contributed by atoms with E-state index in [9.17, 15) is 24.4 Å². The lowest BCUT2D eigenvalue weighted by Gasteiger charge is -2.69. The summed E-state index contributed by atoms with van der Waals surface area (Å²) in [6, 6.07) is 0. The van der Waals surface area contributed by atoms with Crippen molar-refractivity contribution in [3.63, 3.8) is 0 Å². The van der Waals surface area contributed by atoms with E-state index in [1.165, 1.54) is 6.92 Å². The Balaban J connectivity index is 1.72. The smallest absolute Gasteiger partial charge is 0.458 e. The SMILES string of the molecule is CC(=O)O[C@H]1C[C@@]2(C)[C@@H](C[C@@H](O)[C@H]3[C@@]4(C)CC[C@@H](O)[C@@H](C)[C@@H]4CC[C@@]32C)/C1=C(\CCCC(C)C)CC(=O)NCCOP(=O)(O)O. The van der Waals surface area contributed by atoms with Gasteiger partial charge in [-0.15, -0.1) is 0 Å². The summed E-state index contributed by atoms with van der Waals surface area (Å²) in [7, 11) is -4.63. The van der Waals surface area contributed by atoms with Crippen molar-refractivity contribution in [1.82, 2.24) is 5.32 Å². The lowest BCUT2D eigenvalue weighted by molar-refractivity contribution is -0.234. The second-order valence-corrected chi connectivity index (χ2v) is 17.0. The Morgan fingerprint density at radius 2 is 1.76 bits per heavy atom. The van der Waals surface area contributed by atoms with Crippen molar-refractivity contribution in [3.05, 3.63) is 11.1 Å². The molecule has 10 atom stereocenters. The molecule has 0 aromatic carbocycles. The van der Waals surface area contributed by atoms with Crippen LogP contribution in [0.1, 0.15) is 113 Å². The number of esters is 1. The van der Waals surface area contributed by atoms with Crippen LogP contribution in [-0.4, -0.2) is 63.3 Å². The first kappa shape index (κ1) is 36.5. The summed E-state index contributed by atoms with van der Waals surface area (Å²) in [5.41, 5.74) is 1.28. The van der Waals surface area contributed by atoms with Gasteiger partial charge in [0.15, 0.2) is 0 Å². The Morgan fingerprint density at radius 3 is 2.38 bits per heavy atom. The van der Waals surface area contributed by atoms with E-state index in [0.29, 0.717) is 31.1 Å². The molecule has 0 spiro atoms. The van der Waals surface area contributed by atoms with Gasteiger partial charge in [0.25, 0.3) is 0 Å². The number of amides is 1. The highest BCUT2D eigenvalue weighted by atomic mass is 31.2.